The van der Waals surface area contributed by atoms with Gasteiger partial charge in [-0.2, -0.15) is 18.2 Å². The van der Waals surface area contributed by atoms with Crippen LogP contribution in [-0.2, 0) is 6.42 Å². The van der Waals surface area contributed by atoms with Crippen molar-refractivity contribution in [3.63, 3.8) is 0 Å². The van der Waals surface area contributed by atoms with E-state index in [1.165, 1.54) is 0 Å². The van der Waals surface area contributed by atoms with Crippen LogP contribution in [0.1, 0.15) is 36.9 Å². The second-order valence-corrected chi connectivity index (χ2v) is 3.94. The van der Waals surface area contributed by atoms with E-state index in [4.69, 9.17) is 5.11 Å². The van der Waals surface area contributed by atoms with Crippen molar-refractivity contribution < 1.29 is 22.8 Å². The van der Waals surface area contributed by atoms with Gasteiger partial charge in [0.1, 0.15) is 0 Å². The molecule has 0 spiro atoms. The normalized spacial score (nSPS) is 19.5. The van der Waals surface area contributed by atoms with Crippen molar-refractivity contribution in [3.8, 4) is 0 Å². The van der Waals surface area contributed by atoms with Crippen molar-refractivity contribution in [3.05, 3.63) is 11.7 Å². The van der Waals surface area contributed by atoms with Crippen LogP contribution in [-0.4, -0.2) is 27.5 Å². The van der Waals surface area contributed by atoms with Crippen molar-refractivity contribution in [2.24, 2.45) is 0 Å². The summed E-state index contributed by atoms with van der Waals surface area (Å²) in [7, 11) is 0. The maximum Gasteiger partial charge on any atom is 0.414 e. The number of nitrogens with zero attached hydrogens (tertiary/aromatic N) is 2. The molecule has 7 heteroatoms. The SMILES string of the molecule is OC(Cc1nc(C2CCC2)no1)C(F)(F)F. The van der Waals surface area contributed by atoms with Gasteiger partial charge in [-0.05, 0) is 12.8 Å². The minimum Gasteiger partial charge on any atom is -0.383 e. The minimum absolute atomic E-state index is 0.160. The second kappa shape index (κ2) is 4.04. The summed E-state index contributed by atoms with van der Waals surface area (Å²) < 4.78 is 40.8. The van der Waals surface area contributed by atoms with Gasteiger partial charge in [-0.25, -0.2) is 0 Å². The van der Waals surface area contributed by atoms with Gasteiger partial charge in [-0.3, -0.25) is 0 Å². The third kappa shape index (κ3) is 2.34. The second-order valence-electron chi connectivity index (χ2n) is 3.94. The first-order valence-corrected chi connectivity index (χ1v) is 5.04. The van der Waals surface area contributed by atoms with Crippen LogP contribution in [0.25, 0.3) is 0 Å². The molecule has 0 radical (unpaired) electrons. The van der Waals surface area contributed by atoms with Crippen LogP contribution < -0.4 is 0 Å². The maximum absolute atomic E-state index is 12.0. The lowest BCUT2D eigenvalue weighted by molar-refractivity contribution is -0.204. The Hall–Kier alpha value is -1.11. The summed E-state index contributed by atoms with van der Waals surface area (Å²) in [6.07, 6.45) is -4.79. The first kappa shape index (κ1) is 11.4. The number of hydrogen-bond acceptors (Lipinski definition) is 4. The Kier molecular flexibility index (Phi) is 2.88. The predicted octanol–water partition coefficient (Wildman–Crippen LogP) is 1.80. The Balaban J connectivity index is 1.97. The summed E-state index contributed by atoms with van der Waals surface area (Å²) in [4.78, 5) is 3.85. The number of rotatable bonds is 3. The molecule has 4 nitrogen and oxygen atoms in total. The Labute approximate surface area is 89.5 Å². The summed E-state index contributed by atoms with van der Waals surface area (Å²) in [5.74, 6) is 0.503. The summed E-state index contributed by atoms with van der Waals surface area (Å²) in [5.41, 5.74) is 0. The van der Waals surface area contributed by atoms with Gasteiger partial charge in [0.05, 0.1) is 6.42 Å². The highest BCUT2D eigenvalue weighted by atomic mass is 19.4. The van der Waals surface area contributed by atoms with E-state index >= 15 is 0 Å². The molecule has 1 aliphatic carbocycles. The molecule has 1 atom stereocenters. The summed E-state index contributed by atoms with van der Waals surface area (Å²) in [6, 6.07) is 0. The standard InChI is InChI=1S/C9H11F3N2O2/c10-9(11,12)6(15)4-7-13-8(14-16-7)5-2-1-3-5/h5-6,15H,1-4H2. The van der Waals surface area contributed by atoms with Crippen LogP contribution in [0.5, 0.6) is 0 Å². The zero-order valence-corrected chi connectivity index (χ0v) is 8.37. The maximum atomic E-state index is 12.0. The Bertz CT molecular complexity index is 360. The monoisotopic (exact) mass is 236 g/mol. The van der Waals surface area contributed by atoms with E-state index in [1.54, 1.807) is 0 Å². The van der Waals surface area contributed by atoms with E-state index in [1.807, 2.05) is 0 Å². The lowest BCUT2D eigenvalue weighted by Gasteiger charge is -2.20. The molecule has 0 aliphatic heterocycles. The van der Waals surface area contributed by atoms with E-state index in [9.17, 15) is 13.2 Å². The molecule has 1 fully saturated rings. The molecular formula is C9H11F3N2O2. The van der Waals surface area contributed by atoms with E-state index < -0.39 is 18.7 Å². The first-order chi connectivity index (χ1) is 7.47. The zero-order chi connectivity index (χ0) is 11.8. The number of aliphatic hydroxyl groups is 1. The van der Waals surface area contributed by atoms with Crippen LogP contribution in [0.15, 0.2) is 4.52 Å². The fourth-order valence-electron chi connectivity index (χ4n) is 1.46. The predicted molar refractivity (Wildman–Crippen MR) is 46.7 cm³/mol. The molecule has 0 bridgehead atoms. The van der Waals surface area contributed by atoms with Crippen LogP contribution in [0.2, 0.25) is 0 Å². The highest BCUT2D eigenvalue weighted by Crippen LogP contribution is 2.34. The third-order valence-electron chi connectivity index (χ3n) is 2.70. The van der Waals surface area contributed by atoms with Gasteiger partial charge in [0, 0.05) is 5.92 Å². The molecule has 1 aromatic heterocycles. The fourth-order valence-corrected chi connectivity index (χ4v) is 1.46. The summed E-state index contributed by atoms with van der Waals surface area (Å²) in [6.45, 7) is 0. The van der Waals surface area contributed by atoms with Gasteiger partial charge in [0.15, 0.2) is 11.9 Å². The number of aliphatic hydroxyl groups excluding tert-OH is 1. The van der Waals surface area contributed by atoms with Crippen molar-refractivity contribution in [2.75, 3.05) is 0 Å². The van der Waals surface area contributed by atoms with Crippen LogP contribution >= 0.6 is 0 Å². The van der Waals surface area contributed by atoms with E-state index in [-0.39, 0.29) is 11.8 Å². The van der Waals surface area contributed by atoms with Crippen molar-refractivity contribution >= 4 is 0 Å². The van der Waals surface area contributed by atoms with E-state index in [0.29, 0.717) is 5.82 Å². The Morgan fingerprint density at radius 1 is 1.44 bits per heavy atom. The van der Waals surface area contributed by atoms with E-state index in [2.05, 4.69) is 14.7 Å². The van der Waals surface area contributed by atoms with Gasteiger partial charge >= 0.3 is 6.18 Å². The molecule has 1 heterocycles. The van der Waals surface area contributed by atoms with Crippen LogP contribution in [0.3, 0.4) is 0 Å². The van der Waals surface area contributed by atoms with Gasteiger partial charge in [-0.15, -0.1) is 0 Å². The molecule has 0 aromatic carbocycles. The third-order valence-corrected chi connectivity index (χ3v) is 2.70. The van der Waals surface area contributed by atoms with Gasteiger partial charge in [-0.1, -0.05) is 11.6 Å². The summed E-state index contributed by atoms with van der Waals surface area (Å²) >= 11 is 0. The highest BCUT2D eigenvalue weighted by molar-refractivity contribution is 5.00. The van der Waals surface area contributed by atoms with Gasteiger partial charge in [0.2, 0.25) is 5.89 Å². The topological polar surface area (TPSA) is 59.2 Å². The van der Waals surface area contributed by atoms with Crippen LogP contribution in [0.4, 0.5) is 13.2 Å². The molecule has 1 unspecified atom stereocenters. The zero-order valence-electron chi connectivity index (χ0n) is 8.37. The number of hydrogen-bond donors (Lipinski definition) is 1. The van der Waals surface area contributed by atoms with Crippen molar-refractivity contribution in [1.82, 2.24) is 10.1 Å². The van der Waals surface area contributed by atoms with E-state index in [0.717, 1.165) is 19.3 Å². The molecule has 1 aromatic rings. The van der Waals surface area contributed by atoms with Crippen LogP contribution in [0, 0.1) is 0 Å². The number of alkyl halides is 3. The van der Waals surface area contributed by atoms with Crippen molar-refractivity contribution in [1.29, 1.82) is 0 Å². The summed E-state index contributed by atoms with van der Waals surface area (Å²) in [5, 5.41) is 12.4. The largest absolute Gasteiger partial charge is 0.414 e. The highest BCUT2D eigenvalue weighted by Gasteiger charge is 2.39. The first-order valence-electron chi connectivity index (χ1n) is 5.04. The molecule has 0 saturated heterocycles. The fraction of sp³-hybridized carbons (Fsp3) is 0.778. The lowest BCUT2D eigenvalue weighted by atomic mass is 9.85. The number of halogens is 3. The van der Waals surface area contributed by atoms with Gasteiger partial charge < -0.3 is 9.63 Å². The quantitative estimate of drug-likeness (QED) is 0.869. The molecule has 2 rings (SSSR count). The average Bonchev–Trinajstić information content (AvgIpc) is 2.48. The molecule has 0 amide bonds. The smallest absolute Gasteiger partial charge is 0.383 e. The van der Waals surface area contributed by atoms with Crippen molar-refractivity contribution in [2.45, 2.75) is 43.9 Å². The Morgan fingerprint density at radius 2 is 2.12 bits per heavy atom. The molecule has 1 aliphatic rings. The molecule has 1 N–H and O–H groups in total. The molecule has 90 valence electrons. The molecule has 1 saturated carbocycles. The average molecular weight is 236 g/mol. The molecular weight excluding hydrogens is 225 g/mol. The van der Waals surface area contributed by atoms with Gasteiger partial charge in [0.25, 0.3) is 0 Å². The molecule has 16 heavy (non-hydrogen) atoms. The minimum atomic E-state index is -4.65. The Morgan fingerprint density at radius 3 is 2.62 bits per heavy atom. The number of aromatic nitrogens is 2. The lowest BCUT2D eigenvalue weighted by Crippen LogP contribution is -2.30.